The average Bonchev–Trinajstić information content (AvgIpc) is 3.00. The lowest BCUT2D eigenvalue weighted by Crippen LogP contribution is -2.16. The molecule has 1 aliphatic rings. The molecule has 2 rings (SSSR count). The highest BCUT2D eigenvalue weighted by Crippen LogP contribution is 2.62. The first-order valence-corrected chi connectivity index (χ1v) is 7.28. The molecule has 3 atom stereocenters. The predicted molar refractivity (Wildman–Crippen MR) is 62.9 cm³/mol. The van der Waals surface area contributed by atoms with Crippen molar-refractivity contribution in [2.45, 2.75) is 11.2 Å². The van der Waals surface area contributed by atoms with E-state index in [0.29, 0.717) is 5.56 Å². The molecule has 1 N–H and O–H groups in total. The van der Waals surface area contributed by atoms with Crippen molar-refractivity contribution in [3.05, 3.63) is 35.6 Å². The van der Waals surface area contributed by atoms with Gasteiger partial charge in [0, 0.05) is 12.2 Å². The van der Waals surface area contributed by atoms with Crippen LogP contribution in [0.1, 0.15) is 11.5 Å². The first kappa shape index (κ1) is 13.0. The van der Waals surface area contributed by atoms with Gasteiger partial charge in [-0.05, 0) is 17.7 Å². The van der Waals surface area contributed by atoms with Gasteiger partial charge in [-0.2, -0.15) is 5.26 Å². The van der Waals surface area contributed by atoms with Gasteiger partial charge in [-0.15, -0.1) is 0 Å². The minimum Gasteiger partial charge on any atom is -0.395 e. The molecule has 0 bridgehead atoms. The molecule has 1 aliphatic carbocycles. The largest absolute Gasteiger partial charge is 0.395 e. The smallest absolute Gasteiger partial charge is 0.152 e. The van der Waals surface area contributed by atoms with Crippen LogP contribution in [0.25, 0.3) is 0 Å². The van der Waals surface area contributed by atoms with Gasteiger partial charge < -0.3 is 5.11 Å². The highest BCUT2D eigenvalue weighted by Gasteiger charge is 2.70. The van der Waals surface area contributed by atoms with Gasteiger partial charge in [-0.25, -0.2) is 12.8 Å². The number of nitriles is 1. The van der Waals surface area contributed by atoms with Crippen LogP contribution in [0.4, 0.5) is 4.39 Å². The van der Waals surface area contributed by atoms with E-state index >= 15 is 0 Å². The summed E-state index contributed by atoms with van der Waals surface area (Å²) in [7, 11) is -3.45. The van der Waals surface area contributed by atoms with Crippen LogP contribution in [0.3, 0.4) is 0 Å². The van der Waals surface area contributed by atoms with Crippen molar-refractivity contribution in [2.75, 3.05) is 12.9 Å². The molecule has 1 saturated carbocycles. The summed E-state index contributed by atoms with van der Waals surface area (Å²) < 4.78 is 36.1. The van der Waals surface area contributed by atoms with Crippen molar-refractivity contribution in [1.82, 2.24) is 0 Å². The molecule has 6 heteroatoms. The number of sulfone groups is 1. The van der Waals surface area contributed by atoms with E-state index in [1.807, 2.05) is 6.07 Å². The Bertz CT molecular complexity index is 605. The first-order valence-electron chi connectivity index (χ1n) is 5.33. The minimum absolute atomic E-state index is 0.429. The summed E-state index contributed by atoms with van der Waals surface area (Å²) >= 11 is 0. The molecule has 96 valence electrons. The third kappa shape index (κ3) is 1.80. The number of hydrogen-bond donors (Lipinski definition) is 1. The van der Waals surface area contributed by atoms with E-state index in [9.17, 15) is 17.9 Å². The molecule has 1 fully saturated rings. The van der Waals surface area contributed by atoms with Crippen LogP contribution in [0, 0.1) is 22.6 Å². The Balaban J connectivity index is 2.46. The first-order chi connectivity index (χ1) is 8.36. The summed E-state index contributed by atoms with van der Waals surface area (Å²) in [4.78, 5) is 0. The second-order valence-corrected chi connectivity index (χ2v) is 6.76. The SMILES string of the molecule is CS(=O)(=O)[C@@H]1[C@@H](c2ccc(F)cc2)[C@]1(C#N)CO. The molecule has 18 heavy (non-hydrogen) atoms. The molecule has 0 heterocycles. The summed E-state index contributed by atoms with van der Waals surface area (Å²) in [6.07, 6.45) is 1.04. The molecule has 0 spiro atoms. The lowest BCUT2D eigenvalue weighted by atomic mass is 10.0. The zero-order valence-electron chi connectivity index (χ0n) is 9.67. The van der Waals surface area contributed by atoms with Gasteiger partial charge in [0.25, 0.3) is 0 Å². The Morgan fingerprint density at radius 2 is 2.00 bits per heavy atom. The zero-order valence-corrected chi connectivity index (χ0v) is 10.5. The number of aliphatic hydroxyl groups excluding tert-OH is 1. The Kier molecular flexibility index (Phi) is 2.92. The maximum Gasteiger partial charge on any atom is 0.152 e. The Morgan fingerprint density at radius 1 is 1.44 bits per heavy atom. The quantitative estimate of drug-likeness (QED) is 0.882. The van der Waals surface area contributed by atoms with Crippen molar-refractivity contribution in [2.24, 2.45) is 5.41 Å². The normalized spacial score (nSPS) is 30.8. The van der Waals surface area contributed by atoms with Gasteiger partial charge in [-0.3, -0.25) is 0 Å². The average molecular weight is 269 g/mol. The Labute approximate surface area is 105 Å². The molecule has 1 aromatic rings. The number of rotatable bonds is 3. The minimum atomic E-state index is -3.45. The molecule has 0 amide bonds. The third-order valence-corrected chi connectivity index (χ3v) is 5.03. The van der Waals surface area contributed by atoms with Crippen molar-refractivity contribution in [3.8, 4) is 6.07 Å². The van der Waals surface area contributed by atoms with Crippen LogP contribution < -0.4 is 0 Å². The summed E-state index contributed by atoms with van der Waals surface area (Å²) in [5, 5.41) is 17.5. The van der Waals surface area contributed by atoms with E-state index in [1.54, 1.807) is 0 Å². The number of hydrogen-bond acceptors (Lipinski definition) is 4. The van der Waals surface area contributed by atoms with Crippen molar-refractivity contribution < 1.29 is 17.9 Å². The summed E-state index contributed by atoms with van der Waals surface area (Å²) in [6, 6.07) is 7.23. The lowest BCUT2D eigenvalue weighted by molar-refractivity contribution is 0.242. The van der Waals surface area contributed by atoms with Crippen molar-refractivity contribution in [3.63, 3.8) is 0 Å². The third-order valence-electron chi connectivity index (χ3n) is 3.42. The fourth-order valence-corrected chi connectivity index (χ4v) is 4.39. The number of benzene rings is 1. The fourth-order valence-electron chi connectivity index (χ4n) is 2.53. The second-order valence-electron chi connectivity index (χ2n) is 4.59. The highest BCUT2D eigenvalue weighted by molar-refractivity contribution is 7.91. The monoisotopic (exact) mass is 269 g/mol. The van der Waals surface area contributed by atoms with Gasteiger partial charge in [0.2, 0.25) is 0 Å². The molecule has 0 radical (unpaired) electrons. The fraction of sp³-hybridized carbons (Fsp3) is 0.417. The van der Waals surface area contributed by atoms with E-state index < -0.39 is 38.8 Å². The number of halogens is 1. The number of nitrogens with zero attached hydrogens (tertiary/aromatic N) is 1. The highest BCUT2D eigenvalue weighted by atomic mass is 32.2. The topological polar surface area (TPSA) is 78.2 Å². The lowest BCUT2D eigenvalue weighted by Gasteiger charge is -2.03. The van der Waals surface area contributed by atoms with Gasteiger partial charge in [-0.1, -0.05) is 12.1 Å². The molecule has 0 saturated heterocycles. The number of aliphatic hydroxyl groups is 1. The Hall–Kier alpha value is -1.45. The van der Waals surface area contributed by atoms with Gasteiger partial charge >= 0.3 is 0 Å². The van der Waals surface area contributed by atoms with Crippen molar-refractivity contribution >= 4 is 9.84 Å². The summed E-state index contributed by atoms with van der Waals surface area (Å²) in [5.41, 5.74) is -0.742. The molecule has 0 aromatic heterocycles. The van der Waals surface area contributed by atoms with Gasteiger partial charge in [0.05, 0.1) is 17.9 Å². The molecular formula is C12H12FNO3S. The van der Waals surface area contributed by atoms with Crippen LogP contribution in [-0.2, 0) is 9.84 Å². The molecule has 1 aromatic carbocycles. The second kappa shape index (κ2) is 4.04. The molecule has 4 nitrogen and oxygen atoms in total. The van der Waals surface area contributed by atoms with Gasteiger partial charge in [0.15, 0.2) is 9.84 Å². The van der Waals surface area contributed by atoms with E-state index in [-0.39, 0.29) is 0 Å². The molecule has 0 aliphatic heterocycles. The predicted octanol–water partition coefficient (Wildman–Crippen LogP) is 0.838. The van der Waals surface area contributed by atoms with Crippen LogP contribution in [0.2, 0.25) is 0 Å². The molecule has 0 unspecified atom stereocenters. The maximum absolute atomic E-state index is 12.8. The molecular weight excluding hydrogens is 257 g/mol. The standard InChI is InChI=1S/C12H12FNO3S/c1-18(16,17)11-10(12(11,6-14)7-15)8-2-4-9(13)5-3-8/h2-5,10-11,15H,7H2,1H3/t10-,11-,12+/m1/s1. The van der Waals surface area contributed by atoms with E-state index in [1.165, 1.54) is 24.3 Å². The van der Waals surface area contributed by atoms with Crippen LogP contribution in [-0.4, -0.2) is 31.6 Å². The maximum atomic E-state index is 12.8. The van der Waals surface area contributed by atoms with E-state index in [2.05, 4.69) is 0 Å². The van der Waals surface area contributed by atoms with Gasteiger partial charge in [0.1, 0.15) is 11.2 Å². The Morgan fingerprint density at radius 3 is 2.33 bits per heavy atom. The van der Waals surface area contributed by atoms with Crippen LogP contribution in [0.15, 0.2) is 24.3 Å². The van der Waals surface area contributed by atoms with Crippen LogP contribution in [0.5, 0.6) is 0 Å². The van der Waals surface area contributed by atoms with E-state index in [4.69, 9.17) is 5.26 Å². The van der Waals surface area contributed by atoms with Crippen LogP contribution >= 0.6 is 0 Å². The van der Waals surface area contributed by atoms with Crippen molar-refractivity contribution in [1.29, 1.82) is 5.26 Å². The summed E-state index contributed by atoms with van der Waals surface area (Å²) in [6.45, 7) is -0.525. The summed E-state index contributed by atoms with van der Waals surface area (Å²) in [5.74, 6) is -1.02. The van der Waals surface area contributed by atoms with E-state index in [0.717, 1.165) is 6.26 Å². The zero-order chi connectivity index (χ0) is 13.6.